The van der Waals surface area contributed by atoms with Gasteiger partial charge in [0.05, 0.1) is 29.0 Å². The summed E-state index contributed by atoms with van der Waals surface area (Å²) in [6.07, 6.45) is 0.867. The quantitative estimate of drug-likeness (QED) is 0.822. The van der Waals surface area contributed by atoms with Crippen molar-refractivity contribution in [1.29, 1.82) is 0 Å². The van der Waals surface area contributed by atoms with Crippen molar-refractivity contribution in [3.05, 3.63) is 15.9 Å². The molecule has 6 nitrogen and oxygen atoms in total. The number of carbonyl (C=O) groups excluding carboxylic acids is 2. The van der Waals surface area contributed by atoms with Crippen LogP contribution in [-0.2, 0) is 23.2 Å². The number of amides is 2. The van der Waals surface area contributed by atoms with Gasteiger partial charge in [0.2, 0.25) is 11.8 Å². The molecule has 0 N–H and O–H groups in total. The molecule has 1 saturated heterocycles. The molecular formula is C13H19BrN4O2. The summed E-state index contributed by atoms with van der Waals surface area (Å²) in [4.78, 5) is 27.4. The summed E-state index contributed by atoms with van der Waals surface area (Å²) in [7, 11) is 1.84. The first kappa shape index (κ1) is 15.0. The van der Waals surface area contributed by atoms with Crippen molar-refractivity contribution >= 4 is 27.7 Å². The van der Waals surface area contributed by atoms with Crippen LogP contribution in [0.15, 0.2) is 4.47 Å². The molecule has 0 unspecified atom stereocenters. The van der Waals surface area contributed by atoms with Crippen LogP contribution < -0.4 is 0 Å². The second-order valence-electron chi connectivity index (χ2n) is 5.03. The van der Waals surface area contributed by atoms with Gasteiger partial charge in [0, 0.05) is 13.6 Å². The number of nitrogens with zero attached hydrogens (tertiary/aromatic N) is 4. The average Bonchev–Trinajstić information content (AvgIpc) is 2.62. The molecule has 2 rings (SSSR count). The number of piperazine rings is 1. The molecule has 0 saturated carbocycles. The van der Waals surface area contributed by atoms with E-state index in [1.54, 1.807) is 14.5 Å². The van der Waals surface area contributed by atoms with E-state index in [9.17, 15) is 9.59 Å². The molecule has 2 amide bonds. The van der Waals surface area contributed by atoms with Crippen LogP contribution in [-0.4, -0.2) is 51.0 Å². The Morgan fingerprint density at radius 1 is 1.20 bits per heavy atom. The molecule has 20 heavy (non-hydrogen) atoms. The smallest absolute Gasteiger partial charge is 0.243 e. The Morgan fingerprint density at radius 3 is 2.35 bits per heavy atom. The summed E-state index contributed by atoms with van der Waals surface area (Å²) in [6.45, 7) is 5.28. The molecule has 0 aliphatic carbocycles. The maximum Gasteiger partial charge on any atom is 0.243 e. The van der Waals surface area contributed by atoms with E-state index in [4.69, 9.17) is 0 Å². The number of halogens is 1. The lowest BCUT2D eigenvalue weighted by Gasteiger charge is -2.33. The van der Waals surface area contributed by atoms with Crippen molar-refractivity contribution in [3.8, 4) is 0 Å². The minimum absolute atomic E-state index is 0.0104. The Kier molecular flexibility index (Phi) is 4.47. The van der Waals surface area contributed by atoms with Crippen LogP contribution in [0.1, 0.15) is 24.7 Å². The Morgan fingerprint density at radius 2 is 1.80 bits per heavy atom. The molecule has 0 atom stereocenters. The second kappa shape index (κ2) is 5.95. The molecular weight excluding hydrogens is 324 g/mol. The number of aryl methyl sites for hydroxylation is 2. The molecule has 1 aromatic rings. The second-order valence-corrected chi connectivity index (χ2v) is 5.83. The van der Waals surface area contributed by atoms with Crippen molar-refractivity contribution in [2.24, 2.45) is 7.05 Å². The Labute approximate surface area is 126 Å². The van der Waals surface area contributed by atoms with Crippen LogP contribution in [0.2, 0.25) is 0 Å². The predicted octanol–water partition coefficient (Wildman–Crippen LogP) is 1.07. The Bertz CT molecular complexity index is 541. The number of aromatic nitrogens is 2. The molecule has 7 heteroatoms. The van der Waals surface area contributed by atoms with Gasteiger partial charge in [-0.3, -0.25) is 14.3 Å². The molecule has 0 bridgehead atoms. The summed E-state index contributed by atoms with van der Waals surface area (Å²) in [5.74, 6) is 0.00488. The van der Waals surface area contributed by atoms with Gasteiger partial charge >= 0.3 is 0 Å². The highest BCUT2D eigenvalue weighted by atomic mass is 79.9. The first-order valence-electron chi connectivity index (χ1n) is 6.67. The fourth-order valence-corrected chi connectivity index (χ4v) is 2.81. The van der Waals surface area contributed by atoms with Crippen LogP contribution in [0, 0.1) is 6.92 Å². The molecule has 0 spiro atoms. The maximum absolute atomic E-state index is 12.1. The lowest BCUT2D eigenvalue weighted by molar-refractivity contribution is -0.150. The van der Waals surface area contributed by atoms with Gasteiger partial charge in [0.25, 0.3) is 0 Å². The van der Waals surface area contributed by atoms with Gasteiger partial charge in [0.15, 0.2) is 0 Å². The van der Waals surface area contributed by atoms with Crippen molar-refractivity contribution in [3.63, 3.8) is 0 Å². The van der Waals surface area contributed by atoms with Gasteiger partial charge in [-0.2, -0.15) is 5.10 Å². The van der Waals surface area contributed by atoms with Crippen LogP contribution in [0.5, 0.6) is 0 Å². The third kappa shape index (κ3) is 2.87. The fourth-order valence-electron chi connectivity index (χ4n) is 2.35. The standard InChI is InChI=1S/C13H19BrN4O2/c1-4-5-17-7-12(20)18(8-11(17)19)6-10-13(14)9(2)15-16(10)3/h4-8H2,1-3H3. The molecule has 1 aliphatic heterocycles. The molecule has 1 fully saturated rings. The molecule has 1 aromatic heterocycles. The van der Waals surface area contributed by atoms with Gasteiger partial charge < -0.3 is 9.80 Å². The highest BCUT2D eigenvalue weighted by Gasteiger charge is 2.30. The van der Waals surface area contributed by atoms with Gasteiger partial charge in [-0.05, 0) is 29.3 Å². The molecule has 110 valence electrons. The van der Waals surface area contributed by atoms with Gasteiger partial charge in [-0.15, -0.1) is 0 Å². The van der Waals surface area contributed by atoms with Gasteiger partial charge in [-0.1, -0.05) is 6.92 Å². The Balaban J connectivity index is 2.11. The van der Waals surface area contributed by atoms with Crippen molar-refractivity contribution in [2.45, 2.75) is 26.8 Å². The predicted molar refractivity (Wildman–Crippen MR) is 77.9 cm³/mol. The Hall–Kier alpha value is -1.37. The van der Waals surface area contributed by atoms with Crippen LogP contribution in [0.25, 0.3) is 0 Å². The first-order valence-corrected chi connectivity index (χ1v) is 7.46. The lowest BCUT2D eigenvalue weighted by atomic mass is 10.2. The van der Waals surface area contributed by atoms with Crippen molar-refractivity contribution < 1.29 is 9.59 Å². The van der Waals surface area contributed by atoms with Crippen LogP contribution in [0.3, 0.4) is 0 Å². The largest absolute Gasteiger partial charge is 0.332 e. The summed E-state index contributed by atoms with van der Waals surface area (Å²) in [5.41, 5.74) is 1.79. The topological polar surface area (TPSA) is 58.4 Å². The summed E-state index contributed by atoms with van der Waals surface area (Å²) >= 11 is 3.48. The number of hydrogen-bond acceptors (Lipinski definition) is 3. The van der Waals surface area contributed by atoms with E-state index in [1.165, 1.54) is 0 Å². The highest BCUT2D eigenvalue weighted by molar-refractivity contribution is 9.10. The average molecular weight is 343 g/mol. The fraction of sp³-hybridized carbons (Fsp3) is 0.615. The lowest BCUT2D eigenvalue weighted by Crippen LogP contribution is -2.53. The number of rotatable bonds is 4. The van der Waals surface area contributed by atoms with Gasteiger partial charge in [0.1, 0.15) is 6.54 Å². The third-order valence-electron chi connectivity index (χ3n) is 3.45. The highest BCUT2D eigenvalue weighted by Crippen LogP contribution is 2.22. The van der Waals surface area contributed by atoms with Crippen molar-refractivity contribution in [1.82, 2.24) is 19.6 Å². The summed E-state index contributed by atoms with van der Waals surface area (Å²) < 4.78 is 2.64. The number of carbonyl (C=O) groups is 2. The zero-order chi connectivity index (χ0) is 14.9. The first-order chi connectivity index (χ1) is 9.43. The van der Waals surface area contributed by atoms with E-state index in [1.807, 2.05) is 20.9 Å². The van der Waals surface area contributed by atoms with E-state index < -0.39 is 0 Å². The van der Waals surface area contributed by atoms with Crippen molar-refractivity contribution in [2.75, 3.05) is 19.6 Å². The summed E-state index contributed by atoms with van der Waals surface area (Å²) in [6, 6.07) is 0. The van der Waals surface area contributed by atoms with Crippen LogP contribution >= 0.6 is 15.9 Å². The minimum Gasteiger partial charge on any atom is -0.332 e. The maximum atomic E-state index is 12.1. The summed E-state index contributed by atoms with van der Waals surface area (Å²) in [5, 5.41) is 4.30. The molecule has 2 heterocycles. The normalized spacial score (nSPS) is 16.2. The molecule has 0 aromatic carbocycles. The number of hydrogen-bond donors (Lipinski definition) is 0. The SMILES string of the molecule is CCCN1CC(=O)N(Cc2c(Br)c(C)nn2C)CC1=O. The monoisotopic (exact) mass is 342 g/mol. The van der Waals surface area contributed by atoms with E-state index >= 15 is 0 Å². The molecule has 0 radical (unpaired) electrons. The van der Waals surface area contributed by atoms with E-state index in [0.717, 1.165) is 22.3 Å². The minimum atomic E-state index is -0.0104. The van der Waals surface area contributed by atoms with Crippen LogP contribution in [0.4, 0.5) is 0 Å². The van der Waals surface area contributed by atoms with Gasteiger partial charge in [-0.25, -0.2) is 0 Å². The zero-order valence-corrected chi connectivity index (χ0v) is 13.6. The van der Waals surface area contributed by atoms with E-state index in [2.05, 4.69) is 21.0 Å². The third-order valence-corrected chi connectivity index (χ3v) is 4.48. The zero-order valence-electron chi connectivity index (χ0n) is 12.0. The van der Waals surface area contributed by atoms with E-state index in [-0.39, 0.29) is 24.9 Å². The van der Waals surface area contributed by atoms with E-state index in [0.29, 0.717) is 13.1 Å². The molecule has 1 aliphatic rings.